The minimum absolute atomic E-state index is 0.0122. The van der Waals surface area contributed by atoms with Gasteiger partial charge in [0.1, 0.15) is 6.10 Å². The lowest BCUT2D eigenvalue weighted by molar-refractivity contribution is -0.150. The number of nitrogens with one attached hydrogen (secondary N) is 1. The number of aliphatic hydroxyl groups is 2. The van der Waals surface area contributed by atoms with Gasteiger partial charge in [0.2, 0.25) is 5.91 Å². The number of carbonyl (C=O) groups is 2. The predicted molar refractivity (Wildman–Crippen MR) is 259 cm³/mol. The molecule has 0 aliphatic carbocycles. The molecule has 0 aliphatic rings. The Bertz CT molecular complexity index is 1160. The van der Waals surface area contributed by atoms with E-state index in [0.717, 1.165) is 77.0 Å². The maximum absolute atomic E-state index is 13.2. The van der Waals surface area contributed by atoms with Gasteiger partial charge in [0.25, 0.3) is 0 Å². The maximum atomic E-state index is 13.2. The quantitative estimate of drug-likeness (QED) is 0.0323. The summed E-state index contributed by atoms with van der Waals surface area (Å²) in [4.78, 5) is 26.0. The van der Waals surface area contributed by atoms with Crippen LogP contribution in [0.1, 0.15) is 220 Å². The molecule has 0 aliphatic heterocycles. The second-order valence-electron chi connectivity index (χ2n) is 16.5. The van der Waals surface area contributed by atoms with Gasteiger partial charge in [-0.15, -0.1) is 0 Å². The van der Waals surface area contributed by atoms with Crippen LogP contribution < -0.4 is 5.32 Å². The average molecular weight is 836 g/mol. The van der Waals surface area contributed by atoms with Crippen molar-refractivity contribution in [3.8, 4) is 0 Å². The summed E-state index contributed by atoms with van der Waals surface area (Å²) < 4.78 is 5.86. The Morgan fingerprint density at radius 1 is 0.500 bits per heavy atom. The van der Waals surface area contributed by atoms with Crippen LogP contribution in [0.15, 0.2) is 85.1 Å². The molecule has 6 heteroatoms. The number of ether oxygens (including phenoxy) is 1. The van der Waals surface area contributed by atoms with Crippen LogP contribution in [0.5, 0.6) is 0 Å². The number of unbranched alkanes of at least 4 members (excludes halogenated alkanes) is 17. The number of hydrogen-bond donors (Lipinski definition) is 3. The van der Waals surface area contributed by atoms with Crippen molar-refractivity contribution in [3.05, 3.63) is 85.1 Å². The molecule has 0 saturated carbocycles. The number of esters is 1. The van der Waals surface area contributed by atoms with Gasteiger partial charge in [-0.05, 0) is 83.5 Å². The van der Waals surface area contributed by atoms with Crippen LogP contribution in [0, 0.1) is 0 Å². The van der Waals surface area contributed by atoms with Crippen molar-refractivity contribution < 1.29 is 24.5 Å². The highest BCUT2D eigenvalue weighted by Gasteiger charge is 2.23. The smallest absolute Gasteiger partial charge is 0.306 e. The molecule has 1 amide bonds. The van der Waals surface area contributed by atoms with Crippen LogP contribution in [-0.4, -0.2) is 46.9 Å². The predicted octanol–water partition coefficient (Wildman–Crippen LogP) is 14.8. The highest BCUT2D eigenvalue weighted by atomic mass is 16.5. The first kappa shape index (κ1) is 57.0. The van der Waals surface area contributed by atoms with Crippen molar-refractivity contribution in [3.63, 3.8) is 0 Å². The molecule has 3 atom stereocenters. The molecule has 60 heavy (non-hydrogen) atoms. The van der Waals surface area contributed by atoms with Crippen molar-refractivity contribution in [2.24, 2.45) is 0 Å². The van der Waals surface area contributed by atoms with Gasteiger partial charge in [-0.25, -0.2) is 0 Å². The molecule has 3 unspecified atom stereocenters. The zero-order valence-electron chi connectivity index (χ0n) is 39.1. The average Bonchev–Trinajstić information content (AvgIpc) is 3.24. The van der Waals surface area contributed by atoms with Crippen LogP contribution in [-0.2, 0) is 14.3 Å². The molecule has 0 fully saturated rings. The molecule has 0 bridgehead atoms. The molecule has 3 N–H and O–H groups in total. The van der Waals surface area contributed by atoms with E-state index >= 15 is 0 Å². The first-order chi connectivity index (χ1) is 29.5. The van der Waals surface area contributed by atoms with Gasteiger partial charge in [0, 0.05) is 6.42 Å². The molecular weight excluding hydrogens is 743 g/mol. The molecule has 344 valence electrons. The normalized spacial score (nSPS) is 14.0. The van der Waals surface area contributed by atoms with Crippen LogP contribution in [0.3, 0.4) is 0 Å². The number of rotatable bonds is 43. The van der Waals surface area contributed by atoms with E-state index in [2.05, 4.69) is 105 Å². The van der Waals surface area contributed by atoms with Crippen molar-refractivity contribution >= 4 is 11.9 Å². The van der Waals surface area contributed by atoms with E-state index in [0.29, 0.717) is 19.3 Å². The Morgan fingerprint density at radius 3 is 1.40 bits per heavy atom. The SMILES string of the molecule is CC/C=C\C/C=C\C/C=C\C/C=C\C/C=C\CCCC(CC(=O)NC(CO)C(O)CCCCCCCCCCCCC)OC(=O)CC/C=C/C/C=C\CCCCCCCC. The number of allylic oxidation sites excluding steroid dienone is 14. The van der Waals surface area contributed by atoms with Crippen molar-refractivity contribution in [2.75, 3.05) is 6.61 Å². The fourth-order valence-electron chi connectivity index (χ4n) is 6.98. The van der Waals surface area contributed by atoms with E-state index in [1.165, 1.54) is 89.9 Å². The summed E-state index contributed by atoms with van der Waals surface area (Å²) in [6.07, 6.45) is 60.8. The molecule has 0 saturated heterocycles. The Morgan fingerprint density at radius 2 is 0.917 bits per heavy atom. The second kappa shape index (κ2) is 47.1. The maximum Gasteiger partial charge on any atom is 0.306 e. The summed E-state index contributed by atoms with van der Waals surface area (Å²) in [5.74, 6) is -0.617. The number of hydrogen-bond acceptors (Lipinski definition) is 5. The van der Waals surface area contributed by atoms with E-state index < -0.39 is 18.2 Å². The summed E-state index contributed by atoms with van der Waals surface area (Å²) in [6.45, 7) is 6.31. The lowest BCUT2D eigenvalue weighted by atomic mass is 10.0. The Kier molecular flexibility index (Phi) is 44.8. The van der Waals surface area contributed by atoms with Gasteiger partial charge in [0.05, 0.1) is 25.2 Å². The van der Waals surface area contributed by atoms with Crippen LogP contribution in [0.2, 0.25) is 0 Å². The van der Waals surface area contributed by atoms with E-state index in [4.69, 9.17) is 4.74 Å². The third kappa shape index (κ3) is 41.8. The van der Waals surface area contributed by atoms with Gasteiger partial charge < -0.3 is 20.3 Å². The minimum Gasteiger partial charge on any atom is -0.462 e. The fraction of sp³-hybridized carbons (Fsp3) is 0.704. The van der Waals surface area contributed by atoms with Gasteiger partial charge in [-0.1, -0.05) is 209 Å². The van der Waals surface area contributed by atoms with Gasteiger partial charge >= 0.3 is 5.97 Å². The molecule has 0 aromatic carbocycles. The van der Waals surface area contributed by atoms with Gasteiger partial charge in [-0.2, -0.15) is 0 Å². The Hall–Kier alpha value is -2.96. The largest absolute Gasteiger partial charge is 0.462 e. The lowest BCUT2D eigenvalue weighted by Crippen LogP contribution is -2.46. The Balaban J connectivity index is 4.80. The second-order valence-corrected chi connectivity index (χ2v) is 16.5. The molecule has 0 aromatic heterocycles. The number of amides is 1. The molecule has 0 heterocycles. The minimum atomic E-state index is -0.814. The number of carbonyl (C=O) groups excluding carboxylic acids is 2. The monoisotopic (exact) mass is 836 g/mol. The van der Waals surface area contributed by atoms with Crippen LogP contribution in [0.4, 0.5) is 0 Å². The zero-order valence-corrected chi connectivity index (χ0v) is 39.1. The first-order valence-electron chi connectivity index (χ1n) is 24.8. The zero-order chi connectivity index (χ0) is 43.8. The fourth-order valence-corrected chi connectivity index (χ4v) is 6.98. The van der Waals surface area contributed by atoms with E-state index in [1.807, 2.05) is 6.08 Å². The molecule has 0 radical (unpaired) electrons. The van der Waals surface area contributed by atoms with Crippen molar-refractivity contribution in [1.82, 2.24) is 5.32 Å². The highest BCUT2D eigenvalue weighted by molar-refractivity contribution is 5.77. The summed E-state index contributed by atoms with van der Waals surface area (Å²) >= 11 is 0. The summed E-state index contributed by atoms with van der Waals surface area (Å²) in [6, 6.07) is -0.733. The summed E-state index contributed by atoms with van der Waals surface area (Å²) in [5, 5.41) is 23.7. The summed E-state index contributed by atoms with van der Waals surface area (Å²) in [7, 11) is 0. The Labute approximate surface area is 370 Å². The van der Waals surface area contributed by atoms with Crippen LogP contribution >= 0.6 is 0 Å². The third-order valence-electron chi connectivity index (χ3n) is 10.7. The van der Waals surface area contributed by atoms with Gasteiger partial charge in [0.15, 0.2) is 0 Å². The molecule has 0 rings (SSSR count). The molecule has 0 spiro atoms. The van der Waals surface area contributed by atoms with E-state index in [-0.39, 0.29) is 31.3 Å². The van der Waals surface area contributed by atoms with E-state index in [1.54, 1.807) is 0 Å². The van der Waals surface area contributed by atoms with Crippen molar-refractivity contribution in [2.45, 2.75) is 238 Å². The molecule has 0 aromatic rings. The summed E-state index contributed by atoms with van der Waals surface area (Å²) in [5.41, 5.74) is 0. The van der Waals surface area contributed by atoms with E-state index in [9.17, 15) is 19.8 Å². The van der Waals surface area contributed by atoms with Crippen molar-refractivity contribution in [1.29, 1.82) is 0 Å². The molecular formula is C54H93NO5. The highest BCUT2D eigenvalue weighted by Crippen LogP contribution is 2.16. The number of aliphatic hydroxyl groups excluding tert-OH is 2. The van der Waals surface area contributed by atoms with Crippen LogP contribution in [0.25, 0.3) is 0 Å². The topological polar surface area (TPSA) is 95.9 Å². The first-order valence-corrected chi connectivity index (χ1v) is 24.8. The standard InChI is InChI=1S/C54H93NO5/c1-4-7-10-13-16-19-22-24-25-26-27-29-31-33-36-39-42-45-50(60-54(59)47-44-41-38-35-32-28-23-20-17-14-11-8-5-2)48-53(58)55-51(49-56)52(57)46-43-40-37-34-30-21-18-15-12-9-6-3/h7,10,16,19,24-25,27-29,32-33,36,38,41,50-52,56-57H,4-6,8-9,11-15,17-18,20-23,26,30-31,34-35,37,39-40,42-49H2,1-3H3,(H,55,58)/b10-7-,19-16-,25-24-,29-27-,32-28-,36-33-,41-38+. The van der Waals surface area contributed by atoms with Gasteiger partial charge in [-0.3, -0.25) is 9.59 Å². The molecule has 6 nitrogen and oxygen atoms in total. The lowest BCUT2D eigenvalue weighted by Gasteiger charge is -2.24. The third-order valence-corrected chi connectivity index (χ3v) is 10.7.